The molecule has 0 amide bonds. The van der Waals surface area contributed by atoms with Crippen LogP contribution >= 0.6 is 0 Å². The van der Waals surface area contributed by atoms with Crippen molar-refractivity contribution in [3.8, 4) is 0 Å². The van der Waals surface area contributed by atoms with Gasteiger partial charge in [0.1, 0.15) is 0 Å². The summed E-state index contributed by atoms with van der Waals surface area (Å²) in [6, 6.07) is 20.7. The summed E-state index contributed by atoms with van der Waals surface area (Å²) in [5.41, 5.74) is 3.71. The van der Waals surface area contributed by atoms with E-state index in [1.165, 1.54) is 5.56 Å². The van der Waals surface area contributed by atoms with E-state index in [4.69, 9.17) is 4.74 Å². The van der Waals surface area contributed by atoms with E-state index in [1.54, 1.807) is 6.20 Å². The minimum Gasteiger partial charge on any atom is -0.461 e. The highest BCUT2D eigenvalue weighted by Gasteiger charge is 2.19. The summed E-state index contributed by atoms with van der Waals surface area (Å²) >= 11 is 0. The molecule has 0 saturated carbocycles. The molecule has 0 aliphatic rings. The van der Waals surface area contributed by atoms with E-state index in [1.807, 2.05) is 31.2 Å². The van der Waals surface area contributed by atoms with Gasteiger partial charge in [-0.15, -0.1) is 0 Å². The van der Waals surface area contributed by atoms with E-state index in [0.717, 1.165) is 41.2 Å². The van der Waals surface area contributed by atoms with Crippen molar-refractivity contribution in [2.24, 2.45) is 0 Å². The molecule has 0 fully saturated rings. The first kappa shape index (κ1) is 17.3. The molecule has 0 saturated heterocycles. The standard InChI is InChI=1S/C23H22N2O2/c1-2-27-23(26)21-22-19(14-15-24-21)18-12-6-7-13-20(18)25(22)16-8-11-17-9-4-3-5-10-17/h3-7,9-10,12-15H,2,8,11,16H2,1H3. The molecule has 4 rings (SSSR count). The fraction of sp³-hybridized carbons (Fsp3) is 0.217. The first-order chi connectivity index (χ1) is 13.3. The molecule has 4 aromatic rings. The predicted octanol–water partition coefficient (Wildman–Crippen LogP) is 5.00. The average molecular weight is 358 g/mol. The normalized spacial score (nSPS) is 11.1. The third-order valence-electron chi connectivity index (χ3n) is 4.84. The second kappa shape index (κ2) is 7.62. The smallest absolute Gasteiger partial charge is 0.359 e. The van der Waals surface area contributed by atoms with Gasteiger partial charge in [0, 0.05) is 29.0 Å². The minimum absolute atomic E-state index is 0.338. The number of nitrogens with zero attached hydrogens (tertiary/aromatic N) is 2. The van der Waals surface area contributed by atoms with Crippen LogP contribution in [0.1, 0.15) is 29.4 Å². The van der Waals surface area contributed by atoms with Crippen molar-refractivity contribution in [2.45, 2.75) is 26.3 Å². The van der Waals surface area contributed by atoms with Crippen molar-refractivity contribution in [3.63, 3.8) is 0 Å². The number of carbonyl (C=O) groups is 1. The van der Waals surface area contributed by atoms with Crippen molar-refractivity contribution in [2.75, 3.05) is 6.61 Å². The Morgan fingerprint density at radius 2 is 1.78 bits per heavy atom. The summed E-state index contributed by atoms with van der Waals surface area (Å²) in [5.74, 6) is -0.366. The summed E-state index contributed by atoms with van der Waals surface area (Å²) in [6.45, 7) is 2.97. The van der Waals surface area contributed by atoms with Crippen LogP contribution in [0.25, 0.3) is 21.8 Å². The van der Waals surface area contributed by atoms with Gasteiger partial charge in [0.25, 0.3) is 0 Å². The van der Waals surface area contributed by atoms with Gasteiger partial charge >= 0.3 is 5.97 Å². The molecule has 2 aromatic heterocycles. The van der Waals surface area contributed by atoms with E-state index in [2.05, 4.69) is 45.9 Å². The number of rotatable bonds is 6. The zero-order valence-electron chi connectivity index (χ0n) is 15.4. The quantitative estimate of drug-likeness (QED) is 0.456. The van der Waals surface area contributed by atoms with E-state index >= 15 is 0 Å². The Hall–Kier alpha value is -3.14. The van der Waals surface area contributed by atoms with Crippen molar-refractivity contribution in [3.05, 3.63) is 78.1 Å². The molecular weight excluding hydrogens is 336 g/mol. The first-order valence-electron chi connectivity index (χ1n) is 9.36. The molecule has 2 aromatic carbocycles. The lowest BCUT2D eigenvalue weighted by Gasteiger charge is -2.10. The van der Waals surface area contributed by atoms with Gasteiger partial charge in [0.15, 0.2) is 5.69 Å². The number of hydrogen-bond donors (Lipinski definition) is 0. The number of esters is 1. The van der Waals surface area contributed by atoms with Crippen LogP contribution in [0.2, 0.25) is 0 Å². The maximum atomic E-state index is 12.5. The van der Waals surface area contributed by atoms with Gasteiger partial charge in [-0.3, -0.25) is 0 Å². The molecular formula is C23H22N2O2. The molecule has 136 valence electrons. The van der Waals surface area contributed by atoms with Crippen LogP contribution in [-0.4, -0.2) is 22.1 Å². The van der Waals surface area contributed by atoms with Crippen molar-refractivity contribution in [1.29, 1.82) is 0 Å². The fourth-order valence-electron chi connectivity index (χ4n) is 3.67. The van der Waals surface area contributed by atoms with Crippen LogP contribution in [0.5, 0.6) is 0 Å². The summed E-state index contributed by atoms with van der Waals surface area (Å²) in [7, 11) is 0. The molecule has 0 radical (unpaired) electrons. The van der Waals surface area contributed by atoms with Crippen LogP contribution in [0.4, 0.5) is 0 Å². The topological polar surface area (TPSA) is 44.1 Å². The van der Waals surface area contributed by atoms with E-state index in [9.17, 15) is 4.79 Å². The molecule has 0 aliphatic carbocycles. The summed E-state index contributed by atoms with van der Waals surface area (Å²) in [6.07, 6.45) is 3.66. The lowest BCUT2D eigenvalue weighted by molar-refractivity contribution is 0.0521. The van der Waals surface area contributed by atoms with Crippen molar-refractivity contribution >= 4 is 27.8 Å². The van der Waals surface area contributed by atoms with Crippen LogP contribution in [0.15, 0.2) is 66.9 Å². The SMILES string of the molecule is CCOC(=O)c1nccc2c3ccccc3n(CCCc3ccccc3)c12. The largest absolute Gasteiger partial charge is 0.461 e. The fourth-order valence-corrected chi connectivity index (χ4v) is 3.67. The highest BCUT2D eigenvalue weighted by atomic mass is 16.5. The molecule has 0 bridgehead atoms. The van der Waals surface area contributed by atoms with Gasteiger partial charge in [-0.2, -0.15) is 0 Å². The molecule has 0 unspecified atom stereocenters. The highest BCUT2D eigenvalue weighted by molar-refractivity contribution is 6.13. The molecule has 27 heavy (non-hydrogen) atoms. The number of carbonyl (C=O) groups excluding carboxylic acids is 1. The van der Waals surface area contributed by atoms with Gasteiger partial charge in [0.05, 0.1) is 12.1 Å². The molecule has 2 heterocycles. The number of aromatic nitrogens is 2. The third kappa shape index (κ3) is 3.31. The van der Waals surface area contributed by atoms with Gasteiger partial charge < -0.3 is 9.30 Å². The molecule has 4 nitrogen and oxygen atoms in total. The van der Waals surface area contributed by atoms with Crippen LogP contribution in [0, 0.1) is 0 Å². The average Bonchev–Trinajstić information content (AvgIpc) is 3.03. The van der Waals surface area contributed by atoms with E-state index in [0.29, 0.717) is 12.3 Å². The molecule has 0 N–H and O–H groups in total. The summed E-state index contributed by atoms with van der Waals surface area (Å²) < 4.78 is 7.46. The maximum Gasteiger partial charge on any atom is 0.359 e. The van der Waals surface area contributed by atoms with Gasteiger partial charge in [-0.25, -0.2) is 9.78 Å². The van der Waals surface area contributed by atoms with Crippen molar-refractivity contribution in [1.82, 2.24) is 9.55 Å². The maximum absolute atomic E-state index is 12.5. The zero-order chi connectivity index (χ0) is 18.6. The van der Waals surface area contributed by atoms with E-state index in [-0.39, 0.29) is 5.97 Å². The monoisotopic (exact) mass is 358 g/mol. The number of pyridine rings is 1. The Balaban J connectivity index is 1.77. The number of para-hydroxylation sites is 1. The highest BCUT2D eigenvalue weighted by Crippen LogP contribution is 2.31. The van der Waals surface area contributed by atoms with E-state index < -0.39 is 0 Å². The number of ether oxygens (including phenoxy) is 1. The van der Waals surface area contributed by atoms with Gasteiger partial charge in [-0.1, -0.05) is 48.5 Å². The number of hydrogen-bond acceptors (Lipinski definition) is 3. The lowest BCUT2D eigenvalue weighted by Crippen LogP contribution is -2.10. The third-order valence-corrected chi connectivity index (χ3v) is 4.84. The Bertz CT molecular complexity index is 1080. The number of benzene rings is 2. The van der Waals surface area contributed by atoms with Crippen molar-refractivity contribution < 1.29 is 9.53 Å². The Kier molecular flexibility index (Phi) is 4.88. The summed E-state index contributed by atoms with van der Waals surface area (Å²) in [5, 5.41) is 2.18. The number of aryl methyl sites for hydroxylation is 2. The van der Waals surface area contributed by atoms with Crippen LogP contribution in [0.3, 0.4) is 0 Å². The molecule has 0 atom stereocenters. The molecule has 4 heteroatoms. The van der Waals surface area contributed by atoms with Gasteiger partial charge in [-0.05, 0) is 37.5 Å². The predicted molar refractivity (Wildman–Crippen MR) is 108 cm³/mol. The Morgan fingerprint density at radius 1 is 1.00 bits per heavy atom. The lowest BCUT2D eigenvalue weighted by atomic mass is 10.1. The van der Waals surface area contributed by atoms with Crippen LogP contribution in [-0.2, 0) is 17.7 Å². The van der Waals surface area contributed by atoms with Crippen LogP contribution < -0.4 is 0 Å². The second-order valence-corrected chi connectivity index (χ2v) is 6.53. The van der Waals surface area contributed by atoms with Gasteiger partial charge in [0.2, 0.25) is 0 Å². The minimum atomic E-state index is -0.366. The summed E-state index contributed by atoms with van der Waals surface area (Å²) in [4.78, 5) is 16.8. The first-order valence-corrected chi connectivity index (χ1v) is 9.36. The Labute approximate surface area is 158 Å². The molecule has 0 spiro atoms. The second-order valence-electron chi connectivity index (χ2n) is 6.53. The zero-order valence-corrected chi connectivity index (χ0v) is 15.4. The molecule has 0 aliphatic heterocycles. The number of fused-ring (bicyclic) bond motifs is 3. The Morgan fingerprint density at radius 3 is 2.59 bits per heavy atom.